The summed E-state index contributed by atoms with van der Waals surface area (Å²) in [6.45, 7) is 0.586. The first-order chi connectivity index (χ1) is 9.20. The molecule has 0 amide bonds. The first kappa shape index (κ1) is 12.4. The van der Waals surface area contributed by atoms with Crippen LogP contribution in [0.1, 0.15) is 5.69 Å². The van der Waals surface area contributed by atoms with E-state index in [9.17, 15) is 0 Å². The maximum Gasteiger partial charge on any atom is 0.137 e. The van der Waals surface area contributed by atoms with Crippen LogP contribution >= 0.6 is 27.5 Å². The van der Waals surface area contributed by atoms with Gasteiger partial charge in [-0.3, -0.25) is 0 Å². The molecule has 0 bridgehead atoms. The van der Waals surface area contributed by atoms with Crippen molar-refractivity contribution in [3.8, 4) is 0 Å². The number of nitrogens with one attached hydrogen (secondary N) is 1. The lowest BCUT2D eigenvalue weighted by atomic mass is 10.4. The van der Waals surface area contributed by atoms with Gasteiger partial charge in [0.2, 0.25) is 0 Å². The summed E-state index contributed by atoms with van der Waals surface area (Å²) >= 11 is 9.23. The molecule has 0 atom stereocenters. The number of fused-ring (bicyclic) bond motifs is 1. The number of imidazole rings is 1. The van der Waals surface area contributed by atoms with E-state index in [2.05, 4.69) is 36.2 Å². The second-order valence-electron chi connectivity index (χ2n) is 3.92. The van der Waals surface area contributed by atoms with Gasteiger partial charge >= 0.3 is 0 Å². The Bertz CT molecular complexity index is 727. The molecule has 0 fully saturated rings. The number of anilines is 1. The molecule has 3 heterocycles. The topological polar surface area (TPSA) is 55.1 Å². The smallest absolute Gasteiger partial charge is 0.137 e. The Balaban J connectivity index is 1.78. The minimum atomic E-state index is 0.586. The van der Waals surface area contributed by atoms with Crippen molar-refractivity contribution in [1.82, 2.24) is 19.4 Å². The van der Waals surface area contributed by atoms with Crippen LogP contribution in [0.3, 0.4) is 0 Å². The fourth-order valence-corrected chi connectivity index (χ4v) is 2.19. The maximum atomic E-state index is 5.93. The summed E-state index contributed by atoms with van der Waals surface area (Å²) in [4.78, 5) is 12.6. The lowest BCUT2D eigenvalue weighted by Gasteiger charge is -2.02. The standard InChI is InChI=1S/C12H9BrClN5/c13-10-3-11(17-7-16-10)15-4-9-6-19-5-8(14)1-2-12(19)18-9/h1-3,5-7H,4H2,(H,15,16,17). The zero-order valence-electron chi connectivity index (χ0n) is 9.72. The lowest BCUT2D eigenvalue weighted by molar-refractivity contribution is 1.04. The van der Waals surface area contributed by atoms with Gasteiger partial charge in [0.1, 0.15) is 22.4 Å². The predicted molar refractivity (Wildman–Crippen MR) is 77.3 cm³/mol. The maximum absolute atomic E-state index is 5.93. The van der Waals surface area contributed by atoms with Crippen molar-refractivity contribution >= 4 is 39.0 Å². The number of aromatic nitrogens is 4. The number of hydrogen-bond acceptors (Lipinski definition) is 4. The summed E-state index contributed by atoms with van der Waals surface area (Å²) in [5.74, 6) is 0.747. The van der Waals surface area contributed by atoms with Crippen molar-refractivity contribution in [3.63, 3.8) is 0 Å². The lowest BCUT2D eigenvalue weighted by Crippen LogP contribution is -2.01. The minimum Gasteiger partial charge on any atom is -0.364 e. The van der Waals surface area contributed by atoms with Crippen molar-refractivity contribution in [2.24, 2.45) is 0 Å². The minimum absolute atomic E-state index is 0.586. The van der Waals surface area contributed by atoms with Crippen LogP contribution in [0.5, 0.6) is 0 Å². The average Bonchev–Trinajstić information content (AvgIpc) is 2.78. The summed E-state index contributed by atoms with van der Waals surface area (Å²) in [5, 5.41) is 3.87. The molecule has 0 radical (unpaired) electrons. The number of halogens is 2. The molecular formula is C12H9BrClN5. The summed E-state index contributed by atoms with van der Waals surface area (Å²) in [6, 6.07) is 5.52. The summed E-state index contributed by atoms with van der Waals surface area (Å²) in [5.41, 5.74) is 1.78. The Morgan fingerprint density at radius 1 is 1.26 bits per heavy atom. The molecule has 0 spiro atoms. The molecule has 96 valence electrons. The largest absolute Gasteiger partial charge is 0.364 e. The third-order valence-corrected chi connectivity index (χ3v) is 3.21. The van der Waals surface area contributed by atoms with Crippen molar-refractivity contribution in [1.29, 1.82) is 0 Å². The van der Waals surface area contributed by atoms with E-state index in [1.807, 2.05) is 35.0 Å². The van der Waals surface area contributed by atoms with Gasteiger partial charge in [0, 0.05) is 18.5 Å². The van der Waals surface area contributed by atoms with E-state index in [0.29, 0.717) is 11.6 Å². The van der Waals surface area contributed by atoms with Crippen molar-refractivity contribution in [2.75, 3.05) is 5.32 Å². The molecular weight excluding hydrogens is 330 g/mol. The normalized spacial score (nSPS) is 10.8. The molecule has 7 heteroatoms. The van der Waals surface area contributed by atoms with Crippen LogP contribution in [0.4, 0.5) is 5.82 Å². The molecule has 0 saturated carbocycles. The van der Waals surface area contributed by atoms with Gasteiger partial charge in [-0.2, -0.15) is 0 Å². The van der Waals surface area contributed by atoms with Crippen LogP contribution < -0.4 is 5.32 Å². The van der Waals surface area contributed by atoms with Gasteiger partial charge in [-0.15, -0.1) is 0 Å². The zero-order valence-corrected chi connectivity index (χ0v) is 12.1. The first-order valence-corrected chi connectivity index (χ1v) is 6.72. The van der Waals surface area contributed by atoms with E-state index >= 15 is 0 Å². The van der Waals surface area contributed by atoms with Crippen molar-refractivity contribution in [2.45, 2.75) is 6.54 Å². The summed E-state index contributed by atoms with van der Waals surface area (Å²) < 4.78 is 2.64. The van der Waals surface area contributed by atoms with E-state index in [0.717, 1.165) is 21.8 Å². The molecule has 5 nitrogen and oxygen atoms in total. The highest BCUT2D eigenvalue weighted by atomic mass is 79.9. The number of rotatable bonds is 3. The third kappa shape index (κ3) is 2.85. The summed E-state index contributed by atoms with van der Waals surface area (Å²) in [7, 11) is 0. The SMILES string of the molecule is Clc1ccc2nc(CNc3cc(Br)ncn3)cn2c1. The first-order valence-electron chi connectivity index (χ1n) is 5.55. The Hall–Kier alpha value is -1.66. The molecule has 3 rings (SSSR count). The van der Waals surface area contributed by atoms with Gasteiger partial charge in [0.15, 0.2) is 0 Å². The average molecular weight is 339 g/mol. The molecule has 19 heavy (non-hydrogen) atoms. The Labute approximate surface area is 122 Å². The zero-order chi connectivity index (χ0) is 13.2. The van der Waals surface area contributed by atoms with E-state index < -0.39 is 0 Å². The van der Waals surface area contributed by atoms with Gasteiger partial charge in [0.25, 0.3) is 0 Å². The highest BCUT2D eigenvalue weighted by molar-refractivity contribution is 9.10. The number of pyridine rings is 1. The highest BCUT2D eigenvalue weighted by Crippen LogP contribution is 2.13. The molecule has 0 aromatic carbocycles. The van der Waals surface area contributed by atoms with Gasteiger partial charge in [-0.1, -0.05) is 11.6 Å². The van der Waals surface area contributed by atoms with Gasteiger partial charge in [0.05, 0.1) is 17.3 Å². The quantitative estimate of drug-likeness (QED) is 0.745. The number of hydrogen-bond donors (Lipinski definition) is 1. The van der Waals surface area contributed by atoms with Crippen LogP contribution in [0, 0.1) is 0 Å². The Morgan fingerprint density at radius 3 is 3.00 bits per heavy atom. The van der Waals surface area contributed by atoms with Gasteiger partial charge < -0.3 is 9.72 Å². The molecule has 0 aliphatic heterocycles. The molecule has 0 saturated heterocycles. The van der Waals surface area contributed by atoms with Crippen molar-refractivity contribution < 1.29 is 0 Å². The Morgan fingerprint density at radius 2 is 2.16 bits per heavy atom. The number of nitrogens with zero attached hydrogens (tertiary/aromatic N) is 4. The van der Waals surface area contributed by atoms with Crippen LogP contribution in [0.2, 0.25) is 5.02 Å². The van der Waals surface area contributed by atoms with E-state index in [1.54, 1.807) is 0 Å². The monoisotopic (exact) mass is 337 g/mol. The predicted octanol–water partition coefficient (Wildman–Crippen LogP) is 3.15. The summed E-state index contributed by atoms with van der Waals surface area (Å²) in [6.07, 6.45) is 5.26. The van der Waals surface area contributed by atoms with E-state index in [4.69, 9.17) is 11.6 Å². The van der Waals surface area contributed by atoms with Crippen LogP contribution in [0.15, 0.2) is 41.5 Å². The Kier molecular flexibility index (Phi) is 3.35. The molecule has 1 N–H and O–H groups in total. The van der Waals surface area contributed by atoms with Crippen LogP contribution in [0.25, 0.3) is 5.65 Å². The van der Waals surface area contributed by atoms with E-state index in [-0.39, 0.29) is 0 Å². The van der Waals surface area contributed by atoms with Crippen molar-refractivity contribution in [3.05, 3.63) is 52.2 Å². The highest BCUT2D eigenvalue weighted by Gasteiger charge is 2.03. The molecule has 0 unspecified atom stereocenters. The molecule has 0 aliphatic rings. The second kappa shape index (κ2) is 5.14. The third-order valence-electron chi connectivity index (χ3n) is 2.55. The molecule has 3 aromatic rings. The second-order valence-corrected chi connectivity index (χ2v) is 5.17. The molecule has 0 aliphatic carbocycles. The molecule has 3 aromatic heterocycles. The fraction of sp³-hybridized carbons (Fsp3) is 0.0833. The van der Waals surface area contributed by atoms with Crippen LogP contribution in [-0.2, 0) is 6.54 Å². The fourth-order valence-electron chi connectivity index (χ4n) is 1.71. The van der Waals surface area contributed by atoms with Gasteiger partial charge in [-0.25, -0.2) is 15.0 Å². The van der Waals surface area contributed by atoms with Gasteiger partial charge in [-0.05, 0) is 28.1 Å². The van der Waals surface area contributed by atoms with E-state index in [1.165, 1.54) is 6.33 Å². The van der Waals surface area contributed by atoms with Crippen LogP contribution in [-0.4, -0.2) is 19.4 Å².